The standard InChI is InChI=1S/C29H36N2O6S/c1-20(28(33)34)23-12-8-11-22(15-23)17-29(2,3)30-18-26(32)24-13-14-27(25(16-24)31-38(4,35)36)37-19-21-9-6-5-7-10-21/h5-16,20,26,30-32H,17-19H2,1-4H3,(H,33,34)/t20?,26-/m0/s1. The number of ether oxygens (including phenoxy) is 1. The molecule has 0 bridgehead atoms. The van der Waals surface area contributed by atoms with Gasteiger partial charge in [0.15, 0.2) is 0 Å². The first-order valence-electron chi connectivity index (χ1n) is 12.4. The van der Waals surface area contributed by atoms with Crippen molar-refractivity contribution >= 4 is 21.7 Å². The van der Waals surface area contributed by atoms with E-state index in [1.165, 1.54) is 0 Å². The van der Waals surface area contributed by atoms with E-state index in [1.807, 2.05) is 68.4 Å². The number of β-amino-alcohol motifs (C(OH)–C–C–N with tert-alkyl or cyclic N) is 1. The van der Waals surface area contributed by atoms with Crippen LogP contribution in [0.4, 0.5) is 5.69 Å². The Morgan fingerprint density at radius 2 is 1.66 bits per heavy atom. The second-order valence-electron chi connectivity index (χ2n) is 10.2. The minimum atomic E-state index is -3.57. The van der Waals surface area contributed by atoms with E-state index >= 15 is 0 Å². The molecule has 2 atom stereocenters. The van der Waals surface area contributed by atoms with Crippen LogP contribution in [0, 0.1) is 0 Å². The van der Waals surface area contributed by atoms with Crippen molar-refractivity contribution in [1.29, 1.82) is 0 Å². The molecular weight excluding hydrogens is 504 g/mol. The van der Waals surface area contributed by atoms with Crippen LogP contribution in [0.25, 0.3) is 0 Å². The summed E-state index contributed by atoms with van der Waals surface area (Å²) in [5.41, 5.74) is 3.05. The van der Waals surface area contributed by atoms with Crippen LogP contribution < -0.4 is 14.8 Å². The molecule has 0 aliphatic carbocycles. The fourth-order valence-electron chi connectivity index (χ4n) is 4.07. The SMILES string of the molecule is CC(C(=O)O)c1cccc(CC(C)(C)NC[C@H](O)c2ccc(OCc3ccccc3)c(NS(C)(=O)=O)c2)c1. The number of carboxylic acids is 1. The van der Waals surface area contributed by atoms with E-state index in [2.05, 4.69) is 10.0 Å². The molecule has 38 heavy (non-hydrogen) atoms. The molecular formula is C29H36N2O6S. The number of rotatable bonds is 13. The van der Waals surface area contributed by atoms with E-state index in [-0.39, 0.29) is 18.8 Å². The van der Waals surface area contributed by atoms with E-state index in [1.54, 1.807) is 25.1 Å². The number of benzene rings is 3. The molecule has 0 saturated heterocycles. The van der Waals surface area contributed by atoms with Crippen LogP contribution in [0.2, 0.25) is 0 Å². The number of hydrogen-bond acceptors (Lipinski definition) is 6. The first-order valence-corrected chi connectivity index (χ1v) is 14.3. The Labute approximate surface area is 224 Å². The predicted octanol–water partition coefficient (Wildman–Crippen LogP) is 4.47. The maximum atomic E-state index is 12.0. The molecule has 0 aliphatic heterocycles. The summed E-state index contributed by atoms with van der Waals surface area (Å²) < 4.78 is 32.3. The number of sulfonamides is 1. The van der Waals surface area contributed by atoms with Gasteiger partial charge >= 0.3 is 5.97 Å². The largest absolute Gasteiger partial charge is 0.487 e. The molecule has 8 nitrogen and oxygen atoms in total. The van der Waals surface area contributed by atoms with Gasteiger partial charge in [-0.1, -0.05) is 60.7 Å². The highest BCUT2D eigenvalue weighted by Gasteiger charge is 2.22. The third-order valence-corrected chi connectivity index (χ3v) is 6.75. The molecule has 0 heterocycles. The van der Waals surface area contributed by atoms with Crippen LogP contribution in [-0.4, -0.2) is 42.9 Å². The van der Waals surface area contributed by atoms with Crippen molar-refractivity contribution < 1.29 is 28.2 Å². The van der Waals surface area contributed by atoms with Gasteiger partial charge < -0.3 is 20.3 Å². The van der Waals surface area contributed by atoms with E-state index in [0.29, 0.717) is 17.7 Å². The number of carboxylic acid groups (broad SMARTS) is 1. The lowest BCUT2D eigenvalue weighted by atomic mass is 9.91. The molecule has 3 aromatic rings. The maximum absolute atomic E-state index is 12.0. The molecule has 3 aromatic carbocycles. The number of carbonyl (C=O) groups is 1. The highest BCUT2D eigenvalue weighted by atomic mass is 32.2. The van der Waals surface area contributed by atoms with Gasteiger partial charge in [0, 0.05) is 12.1 Å². The Kier molecular flexibility index (Phi) is 9.54. The van der Waals surface area contributed by atoms with Gasteiger partial charge in [0.2, 0.25) is 10.0 Å². The zero-order valence-corrected chi connectivity index (χ0v) is 23.0. The Morgan fingerprint density at radius 3 is 2.32 bits per heavy atom. The summed E-state index contributed by atoms with van der Waals surface area (Å²) in [6.45, 7) is 6.16. The van der Waals surface area contributed by atoms with Gasteiger partial charge in [-0.15, -0.1) is 0 Å². The zero-order valence-electron chi connectivity index (χ0n) is 22.1. The van der Waals surface area contributed by atoms with Crippen LogP contribution in [-0.2, 0) is 27.8 Å². The monoisotopic (exact) mass is 540 g/mol. The van der Waals surface area contributed by atoms with Crippen LogP contribution in [0.3, 0.4) is 0 Å². The smallest absolute Gasteiger partial charge is 0.310 e. The molecule has 0 amide bonds. The number of hydrogen-bond donors (Lipinski definition) is 4. The normalized spacial score (nSPS) is 13.5. The van der Waals surface area contributed by atoms with Gasteiger partial charge in [0.05, 0.1) is 24.0 Å². The molecule has 0 aromatic heterocycles. The van der Waals surface area contributed by atoms with Crippen molar-refractivity contribution in [3.63, 3.8) is 0 Å². The van der Waals surface area contributed by atoms with Crippen LogP contribution in [0.1, 0.15) is 55.0 Å². The zero-order chi connectivity index (χ0) is 27.9. The van der Waals surface area contributed by atoms with Crippen LogP contribution in [0.5, 0.6) is 5.75 Å². The quantitative estimate of drug-likeness (QED) is 0.252. The third kappa shape index (κ3) is 8.86. The topological polar surface area (TPSA) is 125 Å². The molecule has 1 unspecified atom stereocenters. The summed E-state index contributed by atoms with van der Waals surface area (Å²) in [6.07, 6.45) is 0.774. The summed E-state index contributed by atoms with van der Waals surface area (Å²) >= 11 is 0. The molecule has 0 spiro atoms. The van der Waals surface area contributed by atoms with Crippen LogP contribution in [0.15, 0.2) is 72.8 Å². The van der Waals surface area contributed by atoms with Gasteiger partial charge in [0.25, 0.3) is 0 Å². The highest BCUT2D eigenvalue weighted by Crippen LogP contribution is 2.30. The lowest BCUT2D eigenvalue weighted by molar-refractivity contribution is -0.138. The third-order valence-electron chi connectivity index (χ3n) is 6.16. The molecule has 0 radical (unpaired) electrons. The van der Waals surface area contributed by atoms with Crippen molar-refractivity contribution in [2.75, 3.05) is 17.5 Å². The van der Waals surface area contributed by atoms with Gasteiger partial charge in [-0.25, -0.2) is 8.42 Å². The van der Waals surface area contributed by atoms with E-state index < -0.39 is 33.6 Å². The Balaban J connectivity index is 1.69. The fraction of sp³-hybridized carbons (Fsp3) is 0.345. The van der Waals surface area contributed by atoms with Crippen molar-refractivity contribution in [3.8, 4) is 5.75 Å². The highest BCUT2D eigenvalue weighted by molar-refractivity contribution is 7.92. The lowest BCUT2D eigenvalue weighted by Gasteiger charge is -2.28. The van der Waals surface area contributed by atoms with E-state index in [0.717, 1.165) is 22.9 Å². The average molecular weight is 541 g/mol. The van der Waals surface area contributed by atoms with Crippen molar-refractivity contribution in [1.82, 2.24) is 5.32 Å². The van der Waals surface area contributed by atoms with Crippen molar-refractivity contribution in [2.24, 2.45) is 0 Å². The first-order chi connectivity index (χ1) is 17.8. The molecule has 4 N–H and O–H groups in total. The molecule has 0 saturated carbocycles. The molecule has 0 aliphatic rings. The summed E-state index contributed by atoms with van der Waals surface area (Å²) in [4.78, 5) is 11.3. The van der Waals surface area contributed by atoms with Crippen molar-refractivity contribution in [3.05, 3.63) is 95.1 Å². The van der Waals surface area contributed by atoms with Gasteiger partial charge in [-0.05, 0) is 61.6 Å². The molecule has 9 heteroatoms. The number of aliphatic hydroxyl groups is 1. The van der Waals surface area contributed by atoms with Gasteiger partial charge in [-0.2, -0.15) is 0 Å². The van der Waals surface area contributed by atoms with Gasteiger partial charge in [0.1, 0.15) is 12.4 Å². The Hall–Kier alpha value is -3.40. The van der Waals surface area contributed by atoms with Crippen molar-refractivity contribution in [2.45, 2.75) is 51.4 Å². The summed E-state index contributed by atoms with van der Waals surface area (Å²) in [6, 6.07) is 22.0. The minimum absolute atomic E-state index is 0.223. The molecule has 0 fully saturated rings. The molecule has 3 rings (SSSR count). The van der Waals surface area contributed by atoms with Gasteiger partial charge in [-0.3, -0.25) is 9.52 Å². The fourth-order valence-corrected chi connectivity index (χ4v) is 4.63. The number of anilines is 1. The number of aliphatic carboxylic acids is 1. The summed E-state index contributed by atoms with van der Waals surface area (Å²) in [7, 11) is -3.57. The second kappa shape index (κ2) is 12.4. The lowest BCUT2D eigenvalue weighted by Crippen LogP contribution is -2.43. The number of nitrogens with one attached hydrogen (secondary N) is 2. The Bertz CT molecular complexity index is 1340. The van der Waals surface area contributed by atoms with E-state index in [9.17, 15) is 23.4 Å². The average Bonchev–Trinajstić information content (AvgIpc) is 2.85. The minimum Gasteiger partial charge on any atom is -0.487 e. The summed E-state index contributed by atoms with van der Waals surface area (Å²) in [5.74, 6) is -1.11. The summed E-state index contributed by atoms with van der Waals surface area (Å²) in [5, 5.41) is 23.6. The molecule has 204 valence electrons. The number of aliphatic hydroxyl groups excluding tert-OH is 1. The predicted molar refractivity (Wildman–Crippen MR) is 149 cm³/mol. The Morgan fingerprint density at radius 1 is 0.974 bits per heavy atom. The second-order valence-corrected chi connectivity index (χ2v) is 11.9. The maximum Gasteiger partial charge on any atom is 0.310 e. The first kappa shape index (κ1) is 29.2. The van der Waals surface area contributed by atoms with Crippen LogP contribution >= 0.6 is 0 Å². The van der Waals surface area contributed by atoms with E-state index in [4.69, 9.17) is 4.74 Å².